The number of benzene rings is 1. The Bertz CT molecular complexity index is 766. The van der Waals surface area contributed by atoms with E-state index in [1.807, 2.05) is 0 Å². The lowest BCUT2D eigenvalue weighted by molar-refractivity contribution is 0.103. The van der Waals surface area contributed by atoms with Crippen LogP contribution in [0.3, 0.4) is 0 Å². The van der Waals surface area contributed by atoms with Crippen molar-refractivity contribution in [1.29, 1.82) is 0 Å². The first-order chi connectivity index (χ1) is 9.32. The highest BCUT2D eigenvalue weighted by Crippen LogP contribution is 2.25. The third-order valence-electron chi connectivity index (χ3n) is 3.05. The van der Waals surface area contributed by atoms with Crippen molar-refractivity contribution in [3.63, 3.8) is 0 Å². The molecule has 6 heteroatoms. The lowest BCUT2D eigenvalue weighted by Gasteiger charge is -2.09. The van der Waals surface area contributed by atoms with Crippen molar-refractivity contribution >= 4 is 29.0 Å². The number of rotatable bonds is 2. The molecule has 1 aromatic carbocycles. The predicted octanol–water partition coefficient (Wildman–Crippen LogP) is 2.94. The third-order valence-corrected chi connectivity index (χ3v) is 3.60. The molecular weight excluding hydrogens is 301 g/mol. The molecule has 0 radical (unpaired) electrons. The van der Waals surface area contributed by atoms with E-state index in [9.17, 15) is 14.7 Å². The second kappa shape index (κ2) is 5.31. The van der Waals surface area contributed by atoms with E-state index >= 15 is 0 Å². The summed E-state index contributed by atoms with van der Waals surface area (Å²) in [6.07, 6.45) is 0. The first-order valence-electron chi connectivity index (χ1n) is 5.72. The van der Waals surface area contributed by atoms with E-state index in [4.69, 9.17) is 23.2 Å². The Morgan fingerprint density at radius 1 is 1.25 bits per heavy atom. The van der Waals surface area contributed by atoms with E-state index in [0.717, 1.165) is 0 Å². The van der Waals surface area contributed by atoms with E-state index < -0.39 is 11.3 Å². The molecule has 0 fully saturated rings. The van der Waals surface area contributed by atoms with Gasteiger partial charge < -0.3 is 9.67 Å². The number of ketones is 1. The fourth-order valence-corrected chi connectivity index (χ4v) is 2.32. The van der Waals surface area contributed by atoms with E-state index in [1.165, 1.54) is 35.9 Å². The lowest BCUT2D eigenvalue weighted by atomic mass is 10.0. The van der Waals surface area contributed by atoms with Gasteiger partial charge in [-0.25, -0.2) is 0 Å². The molecule has 0 aliphatic carbocycles. The topological polar surface area (TPSA) is 59.3 Å². The van der Waals surface area contributed by atoms with Gasteiger partial charge in [0.1, 0.15) is 11.3 Å². The molecule has 0 aliphatic rings. The summed E-state index contributed by atoms with van der Waals surface area (Å²) < 4.78 is 1.29. The molecule has 0 unspecified atom stereocenters. The molecule has 4 nitrogen and oxygen atoms in total. The van der Waals surface area contributed by atoms with Crippen LogP contribution in [0, 0.1) is 6.92 Å². The Kier molecular flexibility index (Phi) is 3.88. The maximum Gasteiger partial charge on any atom is 0.265 e. The zero-order valence-electron chi connectivity index (χ0n) is 10.8. The fourth-order valence-electron chi connectivity index (χ4n) is 1.83. The lowest BCUT2D eigenvalue weighted by Crippen LogP contribution is -2.26. The fraction of sp³-hybridized carbons (Fsp3) is 0.143. The second-order valence-electron chi connectivity index (χ2n) is 4.36. The average molecular weight is 312 g/mol. The number of hydrogen-bond donors (Lipinski definition) is 1. The highest BCUT2D eigenvalue weighted by Gasteiger charge is 2.22. The van der Waals surface area contributed by atoms with Crippen molar-refractivity contribution in [2.75, 3.05) is 0 Å². The highest BCUT2D eigenvalue weighted by atomic mass is 35.5. The number of hydrogen-bond acceptors (Lipinski definition) is 3. The second-order valence-corrected chi connectivity index (χ2v) is 5.21. The zero-order chi connectivity index (χ0) is 15.0. The summed E-state index contributed by atoms with van der Waals surface area (Å²) in [5, 5.41) is 10.4. The van der Waals surface area contributed by atoms with E-state index in [1.54, 1.807) is 6.92 Å². The predicted molar refractivity (Wildman–Crippen MR) is 78.0 cm³/mol. The molecule has 2 rings (SSSR count). The molecule has 104 valence electrons. The summed E-state index contributed by atoms with van der Waals surface area (Å²) in [6, 6.07) is 5.69. The molecule has 0 saturated carbocycles. The number of carbonyl (C=O) groups excluding carboxylic acids is 1. The van der Waals surface area contributed by atoms with Gasteiger partial charge >= 0.3 is 0 Å². The van der Waals surface area contributed by atoms with Gasteiger partial charge in [-0.05, 0) is 25.1 Å². The van der Waals surface area contributed by atoms with Gasteiger partial charge in [0.15, 0.2) is 0 Å². The molecule has 2 aromatic rings. The Labute approximate surface area is 125 Å². The summed E-state index contributed by atoms with van der Waals surface area (Å²) in [7, 11) is 1.53. The summed E-state index contributed by atoms with van der Waals surface area (Å²) in [5.74, 6) is -0.994. The van der Waals surface area contributed by atoms with Crippen molar-refractivity contribution in [3.05, 3.63) is 61.5 Å². The summed E-state index contributed by atoms with van der Waals surface area (Å²) in [4.78, 5) is 24.5. The van der Waals surface area contributed by atoms with Crippen LogP contribution in [0.1, 0.15) is 21.6 Å². The standard InChI is InChI=1S/C14H11Cl2NO3/c1-7-5-11(18)12(14(20)17(7)2)13(19)9-4-3-8(15)6-10(9)16/h3-6,18H,1-2H3. The molecule has 1 heterocycles. The van der Waals surface area contributed by atoms with Gasteiger partial charge in [0.25, 0.3) is 5.56 Å². The number of halogens is 2. The van der Waals surface area contributed by atoms with Crippen LogP contribution in [0.4, 0.5) is 0 Å². The number of aromatic nitrogens is 1. The van der Waals surface area contributed by atoms with Crippen LogP contribution < -0.4 is 5.56 Å². The van der Waals surface area contributed by atoms with E-state index in [2.05, 4.69) is 0 Å². The Morgan fingerprint density at radius 3 is 2.50 bits per heavy atom. The highest BCUT2D eigenvalue weighted by molar-refractivity contribution is 6.37. The van der Waals surface area contributed by atoms with Crippen LogP contribution in [-0.2, 0) is 7.05 Å². The van der Waals surface area contributed by atoms with Gasteiger partial charge in [-0.15, -0.1) is 0 Å². The van der Waals surface area contributed by atoms with Crippen LogP contribution in [0.5, 0.6) is 5.75 Å². The van der Waals surface area contributed by atoms with Gasteiger partial charge in [0.2, 0.25) is 5.78 Å². The number of carbonyl (C=O) groups is 1. The van der Waals surface area contributed by atoms with Crippen LogP contribution in [0.2, 0.25) is 10.0 Å². The largest absolute Gasteiger partial charge is 0.507 e. The monoisotopic (exact) mass is 311 g/mol. The van der Waals surface area contributed by atoms with Gasteiger partial charge in [0.05, 0.1) is 5.02 Å². The van der Waals surface area contributed by atoms with Crippen molar-refractivity contribution < 1.29 is 9.90 Å². The number of aryl methyl sites for hydroxylation is 1. The van der Waals surface area contributed by atoms with Gasteiger partial charge in [-0.2, -0.15) is 0 Å². The molecule has 0 spiro atoms. The summed E-state index contributed by atoms with van der Waals surface area (Å²) in [6.45, 7) is 1.66. The smallest absolute Gasteiger partial charge is 0.265 e. The Hall–Kier alpha value is -1.78. The number of aromatic hydroxyl groups is 1. The van der Waals surface area contributed by atoms with Gasteiger partial charge in [0, 0.05) is 29.4 Å². The average Bonchev–Trinajstić information content (AvgIpc) is 2.36. The van der Waals surface area contributed by atoms with E-state index in [0.29, 0.717) is 10.7 Å². The minimum Gasteiger partial charge on any atom is -0.507 e. The molecule has 0 aliphatic heterocycles. The molecule has 1 aromatic heterocycles. The minimum atomic E-state index is -0.634. The first kappa shape index (κ1) is 14.6. The molecule has 1 N–H and O–H groups in total. The Balaban J connectivity index is 2.66. The maximum atomic E-state index is 12.4. The molecule has 20 heavy (non-hydrogen) atoms. The molecule has 0 bridgehead atoms. The molecule has 0 atom stereocenters. The Morgan fingerprint density at radius 2 is 1.90 bits per heavy atom. The van der Waals surface area contributed by atoms with Crippen molar-refractivity contribution in [2.24, 2.45) is 7.05 Å². The van der Waals surface area contributed by atoms with Crippen LogP contribution in [-0.4, -0.2) is 15.5 Å². The first-order valence-corrected chi connectivity index (χ1v) is 6.48. The zero-order valence-corrected chi connectivity index (χ0v) is 12.3. The molecule has 0 amide bonds. The molecular formula is C14H11Cl2NO3. The van der Waals surface area contributed by atoms with Crippen molar-refractivity contribution in [1.82, 2.24) is 4.57 Å². The SMILES string of the molecule is Cc1cc(O)c(C(=O)c2ccc(Cl)cc2Cl)c(=O)n1C. The quantitative estimate of drug-likeness (QED) is 0.867. The molecule has 0 saturated heterocycles. The maximum absolute atomic E-state index is 12.4. The number of nitrogens with zero attached hydrogens (tertiary/aromatic N) is 1. The van der Waals surface area contributed by atoms with Crippen LogP contribution in [0.15, 0.2) is 29.1 Å². The minimum absolute atomic E-state index is 0.118. The van der Waals surface area contributed by atoms with Crippen LogP contribution >= 0.6 is 23.2 Å². The van der Waals surface area contributed by atoms with Crippen LogP contribution in [0.25, 0.3) is 0 Å². The van der Waals surface area contributed by atoms with Crippen molar-refractivity contribution in [3.8, 4) is 5.75 Å². The number of pyridine rings is 1. The summed E-state index contributed by atoms with van der Waals surface area (Å²) in [5.41, 5.74) is -0.209. The normalized spacial score (nSPS) is 10.6. The van der Waals surface area contributed by atoms with E-state index in [-0.39, 0.29) is 21.9 Å². The van der Waals surface area contributed by atoms with Gasteiger partial charge in [-0.1, -0.05) is 23.2 Å². The van der Waals surface area contributed by atoms with Gasteiger partial charge in [-0.3, -0.25) is 9.59 Å². The third kappa shape index (κ3) is 2.44. The summed E-state index contributed by atoms with van der Waals surface area (Å²) >= 11 is 11.7. The van der Waals surface area contributed by atoms with Crippen molar-refractivity contribution in [2.45, 2.75) is 6.92 Å².